The van der Waals surface area contributed by atoms with E-state index in [9.17, 15) is 0 Å². The van der Waals surface area contributed by atoms with Gasteiger partial charge in [0.05, 0.1) is 18.5 Å². The molecule has 0 atom stereocenters. The lowest BCUT2D eigenvalue weighted by Crippen LogP contribution is -2.30. The second-order valence-corrected chi connectivity index (χ2v) is 4.87. The first-order valence-corrected chi connectivity index (χ1v) is 5.93. The number of amidine groups is 1. The minimum absolute atomic E-state index is 0.126. The second kappa shape index (κ2) is 4.68. The highest BCUT2D eigenvalue weighted by molar-refractivity contribution is 7.99. The molecule has 2 rings (SSSR count). The van der Waals surface area contributed by atoms with E-state index in [0.717, 1.165) is 24.5 Å². The molecule has 0 amide bonds. The van der Waals surface area contributed by atoms with Crippen LogP contribution in [0.25, 0.3) is 0 Å². The number of hydrogen-bond acceptors (Lipinski definition) is 3. The van der Waals surface area contributed by atoms with Crippen molar-refractivity contribution in [2.24, 2.45) is 5.73 Å². The standard InChI is InChI=1S/C11H14N2OS/c12-11(13)9-3-1-8(2-4-9)7-15-10-5-14-6-10/h1-4,10H,5-7H2,(H3,12,13). The number of nitrogens with one attached hydrogen (secondary N) is 1. The van der Waals surface area contributed by atoms with Gasteiger partial charge in [-0.25, -0.2) is 0 Å². The largest absolute Gasteiger partial charge is 0.384 e. The third-order valence-electron chi connectivity index (χ3n) is 2.36. The van der Waals surface area contributed by atoms with Gasteiger partial charge in [-0.15, -0.1) is 11.8 Å². The monoisotopic (exact) mass is 222 g/mol. The van der Waals surface area contributed by atoms with Crippen molar-refractivity contribution in [2.45, 2.75) is 11.0 Å². The summed E-state index contributed by atoms with van der Waals surface area (Å²) in [7, 11) is 0. The summed E-state index contributed by atoms with van der Waals surface area (Å²) in [6, 6.07) is 7.86. The molecule has 0 unspecified atom stereocenters. The van der Waals surface area contributed by atoms with E-state index in [1.54, 1.807) is 0 Å². The van der Waals surface area contributed by atoms with Gasteiger partial charge in [0.2, 0.25) is 0 Å². The van der Waals surface area contributed by atoms with Gasteiger partial charge in [0.25, 0.3) is 0 Å². The van der Waals surface area contributed by atoms with E-state index in [0.29, 0.717) is 5.25 Å². The van der Waals surface area contributed by atoms with Gasteiger partial charge in [0.15, 0.2) is 0 Å². The van der Waals surface area contributed by atoms with Crippen molar-refractivity contribution in [1.29, 1.82) is 5.41 Å². The van der Waals surface area contributed by atoms with Gasteiger partial charge in [-0.3, -0.25) is 5.41 Å². The fourth-order valence-corrected chi connectivity index (χ4v) is 2.31. The van der Waals surface area contributed by atoms with E-state index in [-0.39, 0.29) is 5.84 Å². The van der Waals surface area contributed by atoms with Crippen LogP contribution in [0.5, 0.6) is 0 Å². The Labute approximate surface area is 93.5 Å². The molecular weight excluding hydrogens is 208 g/mol. The molecule has 0 spiro atoms. The van der Waals surface area contributed by atoms with Crippen LogP contribution in [-0.2, 0) is 10.5 Å². The van der Waals surface area contributed by atoms with Crippen LogP contribution < -0.4 is 5.73 Å². The fourth-order valence-electron chi connectivity index (χ4n) is 1.30. The van der Waals surface area contributed by atoms with Crippen molar-refractivity contribution in [3.63, 3.8) is 0 Å². The van der Waals surface area contributed by atoms with Crippen LogP contribution in [0, 0.1) is 5.41 Å². The molecule has 1 fully saturated rings. The first-order valence-electron chi connectivity index (χ1n) is 4.88. The van der Waals surface area contributed by atoms with Gasteiger partial charge in [-0.1, -0.05) is 24.3 Å². The highest BCUT2D eigenvalue weighted by Gasteiger charge is 2.18. The molecule has 0 bridgehead atoms. The molecule has 1 saturated heterocycles. The number of hydrogen-bond donors (Lipinski definition) is 2. The van der Waals surface area contributed by atoms with Crippen molar-refractivity contribution in [2.75, 3.05) is 13.2 Å². The Kier molecular flexibility index (Phi) is 3.28. The van der Waals surface area contributed by atoms with E-state index >= 15 is 0 Å². The average molecular weight is 222 g/mol. The van der Waals surface area contributed by atoms with Crippen molar-refractivity contribution in [1.82, 2.24) is 0 Å². The number of rotatable bonds is 4. The predicted molar refractivity (Wildman–Crippen MR) is 63.4 cm³/mol. The van der Waals surface area contributed by atoms with E-state index < -0.39 is 0 Å². The molecule has 0 radical (unpaired) electrons. The molecule has 0 aromatic heterocycles. The lowest BCUT2D eigenvalue weighted by molar-refractivity contribution is 0.0455. The molecule has 1 aromatic carbocycles. The molecule has 15 heavy (non-hydrogen) atoms. The third-order valence-corrected chi connectivity index (χ3v) is 3.60. The lowest BCUT2D eigenvalue weighted by atomic mass is 10.1. The molecule has 1 aliphatic rings. The summed E-state index contributed by atoms with van der Waals surface area (Å²) in [5.74, 6) is 1.13. The average Bonchev–Trinajstić information content (AvgIpc) is 2.16. The zero-order valence-corrected chi connectivity index (χ0v) is 9.22. The predicted octanol–water partition coefficient (Wildman–Crippen LogP) is 1.60. The molecule has 3 N–H and O–H groups in total. The van der Waals surface area contributed by atoms with Gasteiger partial charge >= 0.3 is 0 Å². The number of thioether (sulfide) groups is 1. The molecule has 4 heteroatoms. The molecule has 0 saturated carbocycles. The number of nitrogen functional groups attached to an aromatic ring is 1. The quantitative estimate of drug-likeness (QED) is 0.601. The Morgan fingerprint density at radius 1 is 1.40 bits per heavy atom. The normalized spacial score (nSPS) is 16.0. The maximum atomic E-state index is 7.27. The van der Waals surface area contributed by atoms with Crippen LogP contribution in [-0.4, -0.2) is 24.3 Å². The number of ether oxygens (including phenoxy) is 1. The van der Waals surface area contributed by atoms with Gasteiger partial charge in [0.1, 0.15) is 5.84 Å². The summed E-state index contributed by atoms with van der Waals surface area (Å²) in [4.78, 5) is 0. The lowest BCUT2D eigenvalue weighted by Gasteiger charge is -2.25. The topological polar surface area (TPSA) is 59.1 Å². The molecule has 1 aliphatic heterocycles. The van der Waals surface area contributed by atoms with Crippen LogP contribution in [0.1, 0.15) is 11.1 Å². The number of nitrogens with two attached hydrogens (primary N) is 1. The summed E-state index contributed by atoms with van der Waals surface area (Å²) in [5, 5.41) is 7.94. The van der Waals surface area contributed by atoms with E-state index in [1.807, 2.05) is 36.0 Å². The van der Waals surface area contributed by atoms with E-state index in [2.05, 4.69) is 0 Å². The van der Waals surface area contributed by atoms with Crippen molar-refractivity contribution < 1.29 is 4.74 Å². The van der Waals surface area contributed by atoms with Crippen LogP contribution in [0.2, 0.25) is 0 Å². The maximum Gasteiger partial charge on any atom is 0.122 e. The Hall–Kier alpha value is -1.00. The van der Waals surface area contributed by atoms with Gasteiger partial charge < -0.3 is 10.5 Å². The highest BCUT2D eigenvalue weighted by atomic mass is 32.2. The zero-order chi connectivity index (χ0) is 10.7. The molecule has 80 valence electrons. The Morgan fingerprint density at radius 2 is 2.07 bits per heavy atom. The summed E-state index contributed by atoms with van der Waals surface area (Å²) in [6.45, 7) is 1.77. The first-order chi connectivity index (χ1) is 7.25. The highest BCUT2D eigenvalue weighted by Crippen LogP contribution is 2.23. The Balaban J connectivity index is 1.88. The van der Waals surface area contributed by atoms with E-state index in [1.165, 1.54) is 5.56 Å². The molecule has 0 aliphatic carbocycles. The second-order valence-electron chi connectivity index (χ2n) is 3.58. The van der Waals surface area contributed by atoms with Crippen molar-refractivity contribution >= 4 is 17.6 Å². The fraction of sp³-hybridized carbons (Fsp3) is 0.364. The van der Waals surface area contributed by atoms with Crippen LogP contribution in [0.4, 0.5) is 0 Å². The van der Waals surface area contributed by atoms with Crippen molar-refractivity contribution in [3.05, 3.63) is 35.4 Å². The smallest absolute Gasteiger partial charge is 0.122 e. The zero-order valence-electron chi connectivity index (χ0n) is 8.40. The first kappa shape index (κ1) is 10.5. The summed E-state index contributed by atoms with van der Waals surface area (Å²) in [5.41, 5.74) is 7.44. The third kappa shape index (κ3) is 2.73. The summed E-state index contributed by atoms with van der Waals surface area (Å²) in [6.07, 6.45) is 0. The summed E-state index contributed by atoms with van der Waals surface area (Å²) < 4.78 is 5.11. The Bertz CT molecular complexity index is 346. The van der Waals surface area contributed by atoms with Crippen molar-refractivity contribution in [3.8, 4) is 0 Å². The molecule has 1 aromatic rings. The van der Waals surface area contributed by atoms with Gasteiger partial charge in [-0.2, -0.15) is 0 Å². The number of benzene rings is 1. The Morgan fingerprint density at radius 3 is 2.53 bits per heavy atom. The van der Waals surface area contributed by atoms with Crippen LogP contribution >= 0.6 is 11.8 Å². The summed E-state index contributed by atoms with van der Waals surface area (Å²) >= 11 is 1.92. The van der Waals surface area contributed by atoms with Crippen LogP contribution in [0.3, 0.4) is 0 Å². The SMILES string of the molecule is N=C(N)c1ccc(CSC2COC2)cc1. The minimum atomic E-state index is 0.126. The van der Waals surface area contributed by atoms with Gasteiger partial charge in [-0.05, 0) is 5.56 Å². The minimum Gasteiger partial charge on any atom is -0.384 e. The molecular formula is C11H14N2OS. The molecule has 3 nitrogen and oxygen atoms in total. The molecule has 1 heterocycles. The van der Waals surface area contributed by atoms with Gasteiger partial charge in [0, 0.05) is 11.3 Å². The van der Waals surface area contributed by atoms with Crippen LogP contribution in [0.15, 0.2) is 24.3 Å². The van der Waals surface area contributed by atoms with E-state index in [4.69, 9.17) is 15.9 Å². The maximum absolute atomic E-state index is 7.27.